The van der Waals surface area contributed by atoms with Gasteiger partial charge in [0, 0.05) is 31.3 Å². The Morgan fingerprint density at radius 2 is 1.98 bits per heavy atom. The number of hydrogen-bond donors (Lipinski definition) is 2. The van der Waals surface area contributed by atoms with E-state index in [9.17, 15) is 19.7 Å². The Labute approximate surface area is 254 Å². The van der Waals surface area contributed by atoms with Crippen molar-refractivity contribution in [2.24, 2.45) is 5.10 Å². The predicted octanol–water partition coefficient (Wildman–Crippen LogP) is 1.66. The third-order valence-corrected chi connectivity index (χ3v) is 6.61. The fraction of sp³-hybridized carbons (Fsp3) is 0.296. The summed E-state index contributed by atoms with van der Waals surface area (Å²) in [5.41, 5.74) is 9.56. The molecule has 18 nitrogen and oxygen atoms in total. The van der Waals surface area contributed by atoms with Gasteiger partial charge in [0.15, 0.2) is 17.2 Å². The number of benzene rings is 2. The number of rotatable bonds is 11. The number of hydrogen-bond acceptors (Lipinski definition) is 15. The number of hydrazone groups is 1. The summed E-state index contributed by atoms with van der Waals surface area (Å²) in [6.07, 6.45) is 1.37. The van der Waals surface area contributed by atoms with Crippen molar-refractivity contribution in [3.63, 3.8) is 0 Å². The fourth-order valence-corrected chi connectivity index (χ4v) is 4.43. The highest BCUT2D eigenvalue weighted by molar-refractivity contribution is 5.95. The molecular formula is C27H28N10O8. The van der Waals surface area contributed by atoms with Crippen LogP contribution in [0.4, 0.5) is 11.5 Å². The highest BCUT2D eigenvalue weighted by atomic mass is 16.6. The van der Waals surface area contributed by atoms with Crippen molar-refractivity contribution in [2.75, 3.05) is 38.6 Å². The second-order valence-electron chi connectivity index (χ2n) is 9.64. The number of morpholine rings is 1. The summed E-state index contributed by atoms with van der Waals surface area (Å²) >= 11 is 0. The molecule has 3 N–H and O–H groups in total. The number of nitrogen functional groups attached to an aromatic ring is 1. The number of amides is 1. The van der Waals surface area contributed by atoms with Gasteiger partial charge in [-0.05, 0) is 60.1 Å². The normalized spacial score (nSPS) is 13.6. The summed E-state index contributed by atoms with van der Waals surface area (Å²) in [5, 5.41) is 30.6. The maximum absolute atomic E-state index is 13.3. The summed E-state index contributed by atoms with van der Waals surface area (Å²) in [7, 11) is 0. The topological polar surface area (TPSA) is 228 Å². The number of esters is 1. The van der Waals surface area contributed by atoms with E-state index in [-0.39, 0.29) is 46.7 Å². The van der Waals surface area contributed by atoms with E-state index >= 15 is 0 Å². The molecule has 1 aliphatic rings. The number of aromatic nitrogens is 5. The van der Waals surface area contributed by atoms with Crippen molar-refractivity contribution >= 4 is 29.6 Å². The summed E-state index contributed by atoms with van der Waals surface area (Å²) in [4.78, 5) is 38.7. The van der Waals surface area contributed by atoms with Crippen LogP contribution in [0.2, 0.25) is 0 Å². The zero-order valence-electron chi connectivity index (χ0n) is 24.2. The second-order valence-corrected chi connectivity index (χ2v) is 9.64. The average Bonchev–Trinajstić information content (AvgIpc) is 3.64. The van der Waals surface area contributed by atoms with Crippen LogP contribution in [0.5, 0.6) is 11.5 Å². The quantitative estimate of drug-likeness (QED) is 0.0799. The van der Waals surface area contributed by atoms with E-state index in [4.69, 9.17) is 19.9 Å². The minimum Gasteiger partial charge on any atom is -0.490 e. The summed E-state index contributed by atoms with van der Waals surface area (Å²) in [6, 6.07) is 8.61. The van der Waals surface area contributed by atoms with Gasteiger partial charge in [0.2, 0.25) is 11.6 Å². The van der Waals surface area contributed by atoms with Gasteiger partial charge in [-0.3, -0.25) is 19.8 Å². The van der Waals surface area contributed by atoms with Crippen molar-refractivity contribution in [2.45, 2.75) is 20.4 Å². The minimum absolute atomic E-state index is 0.000218. The first-order chi connectivity index (χ1) is 21.7. The molecule has 5 rings (SSSR count). The van der Waals surface area contributed by atoms with Crippen molar-refractivity contribution in [3.8, 4) is 17.3 Å². The molecule has 0 aliphatic carbocycles. The number of nitro benzene ring substituents is 1. The SMILES string of the molecule is CCOc1cc(/C=N/NC(=O)c2c(CN3CCOCC3)nnn2-c2nonc2N)ccc1OC(=O)c1ccc([N+](=O)[O-])c(C)c1. The van der Waals surface area contributed by atoms with Gasteiger partial charge in [-0.15, -0.1) is 5.10 Å². The average molecular weight is 621 g/mol. The number of carbonyl (C=O) groups is 2. The van der Waals surface area contributed by atoms with Gasteiger partial charge in [0.25, 0.3) is 11.6 Å². The number of ether oxygens (including phenoxy) is 3. The van der Waals surface area contributed by atoms with Crippen LogP contribution in [-0.2, 0) is 11.3 Å². The molecular weight excluding hydrogens is 592 g/mol. The number of nitrogens with zero attached hydrogens (tertiary/aromatic N) is 8. The third-order valence-electron chi connectivity index (χ3n) is 6.61. The van der Waals surface area contributed by atoms with E-state index in [0.29, 0.717) is 49.7 Å². The van der Waals surface area contributed by atoms with Crippen LogP contribution in [0.25, 0.3) is 5.82 Å². The van der Waals surface area contributed by atoms with Crippen molar-refractivity contribution < 1.29 is 33.4 Å². The largest absolute Gasteiger partial charge is 0.490 e. The van der Waals surface area contributed by atoms with Crippen molar-refractivity contribution in [3.05, 3.63) is 74.6 Å². The molecule has 0 saturated carbocycles. The molecule has 1 aliphatic heterocycles. The highest BCUT2D eigenvalue weighted by Crippen LogP contribution is 2.29. The zero-order chi connectivity index (χ0) is 31.9. The Morgan fingerprint density at radius 3 is 2.67 bits per heavy atom. The van der Waals surface area contributed by atoms with E-state index in [2.05, 4.69) is 40.7 Å². The first-order valence-corrected chi connectivity index (χ1v) is 13.7. The molecule has 0 atom stereocenters. The van der Waals surface area contributed by atoms with E-state index in [1.807, 2.05) is 0 Å². The smallest absolute Gasteiger partial charge is 0.343 e. The molecule has 18 heteroatoms. The molecule has 0 unspecified atom stereocenters. The van der Waals surface area contributed by atoms with E-state index in [1.165, 1.54) is 37.4 Å². The Balaban J connectivity index is 1.32. The number of aryl methyl sites for hydroxylation is 1. The van der Waals surface area contributed by atoms with Crippen LogP contribution in [0.3, 0.4) is 0 Å². The Morgan fingerprint density at radius 1 is 1.18 bits per heavy atom. The molecule has 1 saturated heterocycles. The molecule has 1 amide bonds. The van der Waals surface area contributed by atoms with E-state index < -0.39 is 16.8 Å². The first-order valence-electron chi connectivity index (χ1n) is 13.7. The van der Waals surface area contributed by atoms with Crippen LogP contribution in [0, 0.1) is 17.0 Å². The molecule has 2 aromatic carbocycles. The predicted molar refractivity (Wildman–Crippen MR) is 155 cm³/mol. The Bertz CT molecular complexity index is 1740. The number of carbonyl (C=O) groups excluding carboxylic acids is 2. The number of anilines is 1. The number of nitrogens with two attached hydrogens (primary N) is 1. The van der Waals surface area contributed by atoms with Gasteiger partial charge in [-0.2, -0.15) is 9.78 Å². The lowest BCUT2D eigenvalue weighted by molar-refractivity contribution is -0.385. The zero-order valence-corrected chi connectivity index (χ0v) is 24.2. The van der Waals surface area contributed by atoms with E-state index in [1.54, 1.807) is 19.1 Å². The molecule has 45 heavy (non-hydrogen) atoms. The lowest BCUT2D eigenvalue weighted by atomic mass is 10.1. The maximum atomic E-state index is 13.3. The van der Waals surface area contributed by atoms with Crippen LogP contribution in [0.1, 0.15) is 44.6 Å². The monoisotopic (exact) mass is 620 g/mol. The van der Waals surface area contributed by atoms with Crippen LogP contribution in [-0.4, -0.2) is 86.1 Å². The summed E-state index contributed by atoms with van der Waals surface area (Å²) < 4.78 is 22.4. The summed E-state index contributed by atoms with van der Waals surface area (Å²) in [6.45, 7) is 6.29. The van der Waals surface area contributed by atoms with Crippen LogP contribution in [0.15, 0.2) is 46.1 Å². The first kappa shape index (κ1) is 30.7. The van der Waals surface area contributed by atoms with Gasteiger partial charge in [-0.25, -0.2) is 14.8 Å². The Kier molecular flexibility index (Phi) is 9.34. The molecule has 1 fully saturated rings. The lowest BCUT2D eigenvalue weighted by Gasteiger charge is -2.25. The molecule has 3 heterocycles. The lowest BCUT2D eigenvalue weighted by Crippen LogP contribution is -2.36. The van der Waals surface area contributed by atoms with Gasteiger partial charge in [-0.1, -0.05) is 5.21 Å². The standard InChI is InChI=1S/C27H28N10O8/c1-3-43-22-13-17(4-7-21(22)44-27(39)18-5-6-20(37(40)41)16(2)12-18)14-29-31-26(38)23-19(15-35-8-10-42-11-9-35)30-34-36(23)25-24(28)32-45-33-25/h4-7,12-14H,3,8-11,15H2,1-2H3,(H2,28,32)(H,31,38)/b29-14+. The van der Waals surface area contributed by atoms with Gasteiger partial charge < -0.3 is 19.9 Å². The second kappa shape index (κ2) is 13.7. The van der Waals surface area contributed by atoms with Crippen molar-refractivity contribution in [1.82, 2.24) is 35.6 Å². The molecule has 0 bridgehead atoms. The van der Waals surface area contributed by atoms with Crippen LogP contribution >= 0.6 is 0 Å². The molecule has 4 aromatic rings. The fourth-order valence-electron chi connectivity index (χ4n) is 4.43. The Hall–Kier alpha value is -5.75. The van der Waals surface area contributed by atoms with Gasteiger partial charge in [0.05, 0.1) is 36.5 Å². The molecule has 234 valence electrons. The number of nitro groups is 1. The van der Waals surface area contributed by atoms with Crippen molar-refractivity contribution in [1.29, 1.82) is 0 Å². The van der Waals surface area contributed by atoms with Crippen LogP contribution < -0.4 is 20.6 Å². The number of nitrogens with one attached hydrogen (secondary N) is 1. The van der Waals surface area contributed by atoms with E-state index in [0.717, 1.165) is 4.68 Å². The molecule has 2 aromatic heterocycles. The highest BCUT2D eigenvalue weighted by Gasteiger charge is 2.27. The minimum atomic E-state index is -0.719. The van der Waals surface area contributed by atoms with Gasteiger partial charge in [0.1, 0.15) is 5.69 Å². The third kappa shape index (κ3) is 7.08. The summed E-state index contributed by atoms with van der Waals surface area (Å²) in [5.74, 6) is -1.08. The maximum Gasteiger partial charge on any atom is 0.343 e. The molecule has 0 spiro atoms. The van der Waals surface area contributed by atoms with Gasteiger partial charge >= 0.3 is 5.97 Å². The molecule has 0 radical (unpaired) electrons.